The molecule has 0 aliphatic heterocycles. The maximum atomic E-state index is 12.1. The Labute approximate surface area is 159 Å². The van der Waals surface area contributed by atoms with Gasteiger partial charge in [0.15, 0.2) is 5.96 Å². The molecular formula is C20H32N4OS. The van der Waals surface area contributed by atoms with Crippen molar-refractivity contribution in [3.63, 3.8) is 0 Å². The molecule has 0 aliphatic rings. The number of H-pyrrole nitrogens is 1. The molecule has 0 spiro atoms. The second-order valence-corrected chi connectivity index (χ2v) is 9.73. The van der Waals surface area contributed by atoms with Crippen molar-refractivity contribution in [3.8, 4) is 0 Å². The number of fused-ring (bicyclic) bond motifs is 1. The van der Waals surface area contributed by atoms with Crippen molar-refractivity contribution < 1.29 is 4.21 Å². The van der Waals surface area contributed by atoms with E-state index in [1.807, 2.05) is 27.7 Å². The second kappa shape index (κ2) is 9.21. The lowest BCUT2D eigenvalue weighted by atomic mass is 10.1. The SMILES string of the molecule is CCNC(=NCCS(=O)C(C)(C)C)NCCc1c[nH]c2cccc(C)c12. The molecule has 2 aromatic rings. The number of aromatic amines is 1. The normalized spacial score (nSPS) is 13.8. The van der Waals surface area contributed by atoms with Crippen LogP contribution in [0.25, 0.3) is 10.9 Å². The predicted octanol–water partition coefficient (Wildman–Crippen LogP) is 3.12. The Morgan fingerprint density at radius 1 is 1.27 bits per heavy atom. The highest BCUT2D eigenvalue weighted by molar-refractivity contribution is 7.86. The first kappa shape index (κ1) is 20.5. The highest BCUT2D eigenvalue weighted by atomic mass is 32.2. The van der Waals surface area contributed by atoms with Gasteiger partial charge in [-0.1, -0.05) is 12.1 Å². The minimum absolute atomic E-state index is 0.186. The first-order chi connectivity index (χ1) is 12.3. The summed E-state index contributed by atoms with van der Waals surface area (Å²) in [5.41, 5.74) is 3.80. The average Bonchev–Trinajstić information content (AvgIpc) is 2.98. The molecule has 0 amide bonds. The Balaban J connectivity index is 1.91. The number of aliphatic imine (C=N–C) groups is 1. The van der Waals surface area contributed by atoms with Crippen LogP contribution < -0.4 is 10.6 Å². The summed E-state index contributed by atoms with van der Waals surface area (Å²) in [7, 11) is -0.873. The van der Waals surface area contributed by atoms with Crippen LogP contribution in [-0.4, -0.2) is 45.3 Å². The molecule has 0 fully saturated rings. The smallest absolute Gasteiger partial charge is 0.191 e. The summed E-state index contributed by atoms with van der Waals surface area (Å²) in [4.78, 5) is 7.90. The van der Waals surface area contributed by atoms with Crippen LogP contribution in [0.1, 0.15) is 38.8 Å². The lowest BCUT2D eigenvalue weighted by Crippen LogP contribution is -2.38. The molecule has 1 unspecified atom stereocenters. The maximum Gasteiger partial charge on any atom is 0.191 e. The summed E-state index contributed by atoms with van der Waals surface area (Å²) in [5.74, 6) is 1.37. The van der Waals surface area contributed by atoms with Crippen molar-refractivity contribution in [2.75, 3.05) is 25.4 Å². The third-order valence-electron chi connectivity index (χ3n) is 4.26. The Morgan fingerprint density at radius 3 is 2.73 bits per heavy atom. The fraction of sp³-hybridized carbons (Fsp3) is 0.550. The molecule has 2 rings (SSSR count). The van der Waals surface area contributed by atoms with Gasteiger partial charge in [0.25, 0.3) is 0 Å². The van der Waals surface area contributed by atoms with Crippen molar-refractivity contribution in [1.82, 2.24) is 15.6 Å². The Morgan fingerprint density at radius 2 is 2.04 bits per heavy atom. The minimum atomic E-state index is -0.873. The summed E-state index contributed by atoms with van der Waals surface area (Å²) in [6.07, 6.45) is 3.01. The van der Waals surface area contributed by atoms with Crippen LogP contribution in [0.3, 0.4) is 0 Å². The third kappa shape index (κ3) is 5.59. The van der Waals surface area contributed by atoms with Gasteiger partial charge in [-0.15, -0.1) is 0 Å². The lowest BCUT2D eigenvalue weighted by Gasteiger charge is -2.17. The first-order valence-electron chi connectivity index (χ1n) is 9.29. The van der Waals surface area contributed by atoms with Gasteiger partial charge in [-0.3, -0.25) is 9.20 Å². The molecular weight excluding hydrogens is 344 g/mol. The Kier molecular flexibility index (Phi) is 7.26. The number of benzene rings is 1. The number of aryl methyl sites for hydroxylation is 1. The van der Waals surface area contributed by atoms with Gasteiger partial charge in [-0.05, 0) is 58.2 Å². The Bertz CT molecular complexity index is 774. The van der Waals surface area contributed by atoms with E-state index in [-0.39, 0.29) is 4.75 Å². The highest BCUT2D eigenvalue weighted by Gasteiger charge is 2.18. The molecule has 1 heterocycles. The summed E-state index contributed by atoms with van der Waals surface area (Å²) in [6.45, 7) is 12.4. The summed E-state index contributed by atoms with van der Waals surface area (Å²) < 4.78 is 11.9. The summed E-state index contributed by atoms with van der Waals surface area (Å²) in [6, 6.07) is 6.34. The van der Waals surface area contributed by atoms with Crippen molar-refractivity contribution in [2.24, 2.45) is 4.99 Å². The zero-order valence-corrected chi connectivity index (χ0v) is 17.4. The van der Waals surface area contributed by atoms with Crippen LogP contribution in [0.15, 0.2) is 29.4 Å². The van der Waals surface area contributed by atoms with Crippen LogP contribution in [0.5, 0.6) is 0 Å². The molecule has 3 N–H and O–H groups in total. The monoisotopic (exact) mass is 376 g/mol. The number of rotatable bonds is 7. The second-order valence-electron chi connectivity index (χ2n) is 7.41. The van der Waals surface area contributed by atoms with Crippen molar-refractivity contribution >= 4 is 27.7 Å². The van der Waals surface area contributed by atoms with Gasteiger partial charge in [0, 0.05) is 51.5 Å². The van der Waals surface area contributed by atoms with Gasteiger partial charge in [0.2, 0.25) is 0 Å². The van der Waals surface area contributed by atoms with Gasteiger partial charge in [0.1, 0.15) is 0 Å². The van der Waals surface area contributed by atoms with E-state index in [4.69, 9.17) is 0 Å². The minimum Gasteiger partial charge on any atom is -0.361 e. The quantitative estimate of drug-likeness (QED) is 0.514. The number of hydrogen-bond acceptors (Lipinski definition) is 2. The molecule has 0 bridgehead atoms. The molecule has 26 heavy (non-hydrogen) atoms. The molecule has 0 radical (unpaired) electrons. The van der Waals surface area contributed by atoms with Gasteiger partial charge in [-0.2, -0.15) is 0 Å². The fourth-order valence-corrected chi connectivity index (χ4v) is 3.72. The number of hydrogen-bond donors (Lipinski definition) is 3. The highest BCUT2D eigenvalue weighted by Crippen LogP contribution is 2.22. The van der Waals surface area contributed by atoms with Crippen molar-refractivity contribution in [1.29, 1.82) is 0 Å². The number of nitrogens with zero attached hydrogens (tertiary/aromatic N) is 1. The predicted molar refractivity (Wildman–Crippen MR) is 113 cm³/mol. The Hall–Kier alpha value is -1.82. The zero-order valence-electron chi connectivity index (χ0n) is 16.6. The molecule has 1 aromatic heterocycles. The van der Waals surface area contributed by atoms with Crippen molar-refractivity contribution in [3.05, 3.63) is 35.5 Å². The van der Waals surface area contributed by atoms with Crippen LogP contribution in [-0.2, 0) is 17.2 Å². The first-order valence-corrected chi connectivity index (χ1v) is 10.6. The van der Waals surface area contributed by atoms with E-state index in [9.17, 15) is 4.21 Å². The molecule has 1 atom stereocenters. The van der Waals surface area contributed by atoms with Gasteiger partial charge in [0.05, 0.1) is 6.54 Å². The summed E-state index contributed by atoms with van der Waals surface area (Å²) >= 11 is 0. The number of guanidine groups is 1. The van der Waals surface area contributed by atoms with Gasteiger partial charge < -0.3 is 15.6 Å². The lowest BCUT2D eigenvalue weighted by molar-refractivity contribution is 0.648. The van der Waals surface area contributed by atoms with Crippen molar-refractivity contribution in [2.45, 2.75) is 45.8 Å². The van der Waals surface area contributed by atoms with E-state index < -0.39 is 10.8 Å². The van der Waals surface area contributed by atoms with E-state index in [0.29, 0.717) is 12.3 Å². The van der Waals surface area contributed by atoms with Crippen LogP contribution in [0, 0.1) is 6.92 Å². The van der Waals surface area contributed by atoms with Crippen LogP contribution in [0.4, 0.5) is 0 Å². The molecule has 0 aliphatic carbocycles. The van der Waals surface area contributed by atoms with Gasteiger partial charge in [-0.25, -0.2) is 0 Å². The number of aromatic nitrogens is 1. The molecule has 0 saturated carbocycles. The van der Waals surface area contributed by atoms with E-state index in [1.165, 1.54) is 22.0 Å². The van der Waals surface area contributed by atoms with Gasteiger partial charge >= 0.3 is 0 Å². The van der Waals surface area contributed by atoms with Crippen LogP contribution >= 0.6 is 0 Å². The van der Waals surface area contributed by atoms with E-state index in [0.717, 1.165) is 25.5 Å². The maximum absolute atomic E-state index is 12.1. The zero-order chi connectivity index (χ0) is 19.2. The molecule has 5 nitrogen and oxygen atoms in total. The largest absolute Gasteiger partial charge is 0.361 e. The molecule has 0 saturated heterocycles. The average molecular weight is 377 g/mol. The molecule has 144 valence electrons. The number of nitrogens with one attached hydrogen (secondary N) is 3. The molecule has 1 aromatic carbocycles. The topological polar surface area (TPSA) is 69.3 Å². The standard InChI is InChI=1S/C20H32N4OS/c1-6-21-19(23-12-13-26(25)20(3,4)5)22-11-10-16-14-24-17-9-7-8-15(2)18(16)17/h7-9,14,24H,6,10-13H2,1-5H3,(H2,21,22,23). The van der Waals surface area contributed by atoms with E-state index in [1.54, 1.807) is 0 Å². The van der Waals surface area contributed by atoms with E-state index in [2.05, 4.69) is 51.9 Å². The molecule has 6 heteroatoms. The summed E-state index contributed by atoms with van der Waals surface area (Å²) in [5, 5.41) is 7.95. The van der Waals surface area contributed by atoms with E-state index >= 15 is 0 Å². The third-order valence-corrected chi connectivity index (χ3v) is 6.18. The fourth-order valence-electron chi connectivity index (χ4n) is 2.85. The van der Waals surface area contributed by atoms with Crippen LogP contribution in [0.2, 0.25) is 0 Å².